The summed E-state index contributed by atoms with van der Waals surface area (Å²) in [5.41, 5.74) is 1.68. The first-order valence-corrected chi connectivity index (χ1v) is 11.6. The Morgan fingerprint density at radius 1 is 1.09 bits per heavy atom. The van der Waals surface area contributed by atoms with E-state index in [4.69, 9.17) is 4.74 Å². The number of carbonyl (C=O) groups excluding carboxylic acids is 2. The van der Waals surface area contributed by atoms with Crippen molar-refractivity contribution in [2.24, 2.45) is 0 Å². The number of benzene rings is 2. The van der Waals surface area contributed by atoms with Gasteiger partial charge in [0.2, 0.25) is 0 Å². The molecule has 1 fully saturated rings. The molecule has 0 spiro atoms. The molecular weight excluding hydrogens is 416 g/mol. The van der Waals surface area contributed by atoms with Gasteiger partial charge in [0.25, 0.3) is 11.7 Å². The van der Waals surface area contributed by atoms with E-state index in [2.05, 4.69) is 0 Å². The zero-order valence-electron chi connectivity index (χ0n) is 20.0. The average Bonchev–Trinajstić information content (AvgIpc) is 3.07. The SMILES string of the molecule is CCCOc1ccc(/C(O)=C2\C(=O)C(=O)N(CCCN(C)C)C2C(C)c2ccccc2)cc1. The first-order chi connectivity index (χ1) is 15.8. The summed E-state index contributed by atoms with van der Waals surface area (Å²) in [5.74, 6) is -0.780. The molecule has 0 radical (unpaired) electrons. The van der Waals surface area contributed by atoms with Crippen molar-refractivity contribution >= 4 is 17.4 Å². The van der Waals surface area contributed by atoms with Crippen LogP contribution in [0.1, 0.15) is 43.7 Å². The van der Waals surface area contributed by atoms with Crippen LogP contribution in [-0.2, 0) is 9.59 Å². The zero-order chi connectivity index (χ0) is 24.0. The first kappa shape index (κ1) is 24.5. The van der Waals surface area contributed by atoms with Crippen molar-refractivity contribution in [1.29, 1.82) is 0 Å². The van der Waals surface area contributed by atoms with Crippen molar-refractivity contribution in [1.82, 2.24) is 9.80 Å². The van der Waals surface area contributed by atoms with Crippen LogP contribution in [0.5, 0.6) is 5.75 Å². The highest BCUT2D eigenvalue weighted by Crippen LogP contribution is 2.37. The van der Waals surface area contributed by atoms with Crippen LogP contribution in [0, 0.1) is 0 Å². The van der Waals surface area contributed by atoms with Gasteiger partial charge in [-0.25, -0.2) is 0 Å². The van der Waals surface area contributed by atoms with Crippen molar-refractivity contribution in [3.05, 3.63) is 71.3 Å². The van der Waals surface area contributed by atoms with E-state index in [9.17, 15) is 14.7 Å². The highest BCUT2D eigenvalue weighted by Gasteiger charge is 2.47. The van der Waals surface area contributed by atoms with Gasteiger partial charge in [0.05, 0.1) is 18.2 Å². The van der Waals surface area contributed by atoms with Gasteiger partial charge in [-0.15, -0.1) is 0 Å². The van der Waals surface area contributed by atoms with E-state index in [1.807, 2.05) is 63.2 Å². The van der Waals surface area contributed by atoms with E-state index in [0.29, 0.717) is 24.5 Å². The van der Waals surface area contributed by atoms with Gasteiger partial charge in [0.1, 0.15) is 11.5 Å². The minimum atomic E-state index is -0.628. The maximum absolute atomic E-state index is 13.1. The largest absolute Gasteiger partial charge is 0.507 e. The Morgan fingerprint density at radius 2 is 1.76 bits per heavy atom. The van der Waals surface area contributed by atoms with Crippen molar-refractivity contribution in [3.63, 3.8) is 0 Å². The smallest absolute Gasteiger partial charge is 0.295 e. The number of carbonyl (C=O) groups is 2. The molecule has 0 saturated carbocycles. The Morgan fingerprint density at radius 3 is 2.36 bits per heavy atom. The Kier molecular flexibility index (Phi) is 8.28. The number of aliphatic hydroxyl groups excluding tert-OH is 1. The molecule has 1 saturated heterocycles. The Hall–Kier alpha value is -3.12. The van der Waals surface area contributed by atoms with E-state index in [1.54, 1.807) is 29.2 Å². The monoisotopic (exact) mass is 450 g/mol. The molecule has 0 bridgehead atoms. The van der Waals surface area contributed by atoms with Crippen LogP contribution in [0.2, 0.25) is 0 Å². The number of likely N-dealkylation sites (tertiary alicyclic amines) is 1. The molecule has 1 aliphatic heterocycles. The number of hydrogen-bond acceptors (Lipinski definition) is 5. The summed E-state index contributed by atoms with van der Waals surface area (Å²) in [5, 5.41) is 11.2. The molecule has 176 valence electrons. The summed E-state index contributed by atoms with van der Waals surface area (Å²) in [4.78, 5) is 29.9. The number of hydrogen-bond donors (Lipinski definition) is 1. The normalized spacial score (nSPS) is 18.7. The molecular formula is C27H34N2O4. The second-order valence-corrected chi connectivity index (χ2v) is 8.76. The van der Waals surface area contributed by atoms with Crippen molar-refractivity contribution in [3.8, 4) is 5.75 Å². The molecule has 6 nitrogen and oxygen atoms in total. The summed E-state index contributed by atoms with van der Waals surface area (Å²) in [6, 6.07) is 16.3. The minimum absolute atomic E-state index is 0.140. The van der Waals surface area contributed by atoms with E-state index in [0.717, 1.165) is 24.9 Å². The summed E-state index contributed by atoms with van der Waals surface area (Å²) in [6.45, 7) is 5.89. The van der Waals surface area contributed by atoms with Crippen LogP contribution in [0.4, 0.5) is 0 Å². The highest BCUT2D eigenvalue weighted by atomic mass is 16.5. The molecule has 33 heavy (non-hydrogen) atoms. The van der Waals surface area contributed by atoms with E-state index >= 15 is 0 Å². The molecule has 3 rings (SSSR count). The number of rotatable bonds is 10. The zero-order valence-corrected chi connectivity index (χ0v) is 20.0. The summed E-state index contributed by atoms with van der Waals surface area (Å²) < 4.78 is 5.62. The molecule has 0 aliphatic carbocycles. The van der Waals surface area contributed by atoms with Crippen LogP contribution in [-0.4, -0.2) is 66.4 Å². The fourth-order valence-corrected chi connectivity index (χ4v) is 4.25. The maximum atomic E-state index is 13.1. The lowest BCUT2D eigenvalue weighted by atomic mass is 9.87. The van der Waals surface area contributed by atoms with Gasteiger partial charge in [0, 0.05) is 18.0 Å². The van der Waals surface area contributed by atoms with E-state index in [1.165, 1.54) is 0 Å². The Labute approximate surface area is 196 Å². The van der Waals surface area contributed by atoms with Crippen LogP contribution in [0.3, 0.4) is 0 Å². The molecule has 2 aromatic carbocycles. The fourth-order valence-electron chi connectivity index (χ4n) is 4.25. The Balaban J connectivity index is 2.00. The first-order valence-electron chi connectivity index (χ1n) is 11.6. The molecule has 6 heteroatoms. The number of Topliss-reactive ketones (excluding diaryl/α,β-unsaturated/α-hetero) is 1. The molecule has 0 aromatic heterocycles. The molecule has 1 heterocycles. The van der Waals surface area contributed by atoms with Crippen molar-refractivity contribution in [2.75, 3.05) is 33.8 Å². The number of aliphatic hydroxyl groups is 1. The molecule has 2 unspecified atom stereocenters. The number of amides is 1. The lowest BCUT2D eigenvalue weighted by molar-refractivity contribution is -0.140. The molecule has 1 amide bonds. The van der Waals surface area contributed by atoms with Crippen molar-refractivity contribution in [2.45, 2.75) is 38.6 Å². The van der Waals surface area contributed by atoms with Gasteiger partial charge in [0.15, 0.2) is 0 Å². The predicted molar refractivity (Wildman–Crippen MR) is 130 cm³/mol. The van der Waals surface area contributed by atoms with E-state index in [-0.39, 0.29) is 17.3 Å². The van der Waals surface area contributed by atoms with Crippen LogP contribution < -0.4 is 4.74 Å². The fraction of sp³-hybridized carbons (Fsp3) is 0.407. The van der Waals surface area contributed by atoms with Gasteiger partial charge in [-0.05, 0) is 63.3 Å². The lowest BCUT2D eigenvalue weighted by Gasteiger charge is -2.30. The van der Waals surface area contributed by atoms with Crippen LogP contribution >= 0.6 is 0 Å². The van der Waals surface area contributed by atoms with Crippen LogP contribution in [0.15, 0.2) is 60.2 Å². The lowest BCUT2D eigenvalue weighted by Crippen LogP contribution is -2.39. The molecule has 2 atom stereocenters. The maximum Gasteiger partial charge on any atom is 0.295 e. The highest BCUT2D eigenvalue weighted by molar-refractivity contribution is 6.46. The summed E-state index contributed by atoms with van der Waals surface area (Å²) in [7, 11) is 3.96. The third kappa shape index (κ3) is 5.63. The molecule has 1 aliphatic rings. The predicted octanol–water partition coefficient (Wildman–Crippen LogP) is 4.28. The minimum Gasteiger partial charge on any atom is -0.507 e. The van der Waals surface area contributed by atoms with Gasteiger partial charge in [-0.3, -0.25) is 9.59 Å². The number of ether oxygens (including phenoxy) is 1. The topological polar surface area (TPSA) is 70.1 Å². The number of nitrogens with zero attached hydrogens (tertiary/aromatic N) is 2. The van der Waals surface area contributed by atoms with E-state index < -0.39 is 17.7 Å². The quantitative estimate of drug-likeness (QED) is 0.332. The molecule has 2 aromatic rings. The standard InChI is InChI=1S/C27H34N2O4/c1-5-18-33-22-14-12-21(13-15-22)25(30)23-24(19(2)20-10-7-6-8-11-20)29(27(32)26(23)31)17-9-16-28(3)4/h6-8,10-15,19,24,30H,5,9,16-18H2,1-4H3/b25-23+. The second kappa shape index (κ2) is 11.1. The van der Waals surface area contributed by atoms with Gasteiger partial charge in [-0.2, -0.15) is 0 Å². The van der Waals surface area contributed by atoms with Crippen LogP contribution in [0.25, 0.3) is 5.76 Å². The number of ketones is 1. The van der Waals surface area contributed by atoms with Gasteiger partial charge >= 0.3 is 0 Å². The van der Waals surface area contributed by atoms with Gasteiger partial charge in [-0.1, -0.05) is 44.2 Å². The molecule has 1 N–H and O–H groups in total. The second-order valence-electron chi connectivity index (χ2n) is 8.76. The summed E-state index contributed by atoms with van der Waals surface area (Å²) >= 11 is 0. The summed E-state index contributed by atoms with van der Waals surface area (Å²) in [6.07, 6.45) is 1.64. The third-order valence-electron chi connectivity index (χ3n) is 5.99. The van der Waals surface area contributed by atoms with Gasteiger partial charge < -0.3 is 19.6 Å². The average molecular weight is 451 g/mol. The third-order valence-corrected chi connectivity index (χ3v) is 5.99. The van der Waals surface area contributed by atoms with Crippen molar-refractivity contribution < 1.29 is 19.4 Å². The Bertz CT molecular complexity index is 983.